The molecule has 9 aromatic rings. The van der Waals surface area contributed by atoms with Gasteiger partial charge < -0.3 is 4.42 Å². The molecule has 0 atom stereocenters. The van der Waals surface area contributed by atoms with Crippen LogP contribution in [0.25, 0.3) is 87.6 Å². The first kappa shape index (κ1) is 23.3. The molecular weight excluding hydrogens is 508 g/mol. The lowest BCUT2D eigenvalue weighted by atomic mass is 9.85. The van der Waals surface area contributed by atoms with Crippen molar-refractivity contribution in [3.63, 3.8) is 0 Å². The van der Waals surface area contributed by atoms with Gasteiger partial charge in [-0.3, -0.25) is 0 Å². The predicted octanol–water partition coefficient (Wildman–Crippen LogP) is 11.8. The fourth-order valence-corrected chi connectivity index (χ4v) is 6.97. The fourth-order valence-electron chi connectivity index (χ4n) is 6.97. The second-order valence-electron chi connectivity index (χ2n) is 11.3. The van der Waals surface area contributed by atoms with E-state index < -0.39 is 0 Å². The molecule has 1 nitrogen and oxygen atoms in total. The normalized spacial score (nSPS) is 11.9. The van der Waals surface area contributed by atoms with Crippen LogP contribution < -0.4 is 0 Å². The highest BCUT2D eigenvalue weighted by molar-refractivity contribution is 6.28. The molecule has 0 saturated carbocycles. The summed E-state index contributed by atoms with van der Waals surface area (Å²) in [4.78, 5) is 0. The highest BCUT2D eigenvalue weighted by Crippen LogP contribution is 2.45. The summed E-state index contributed by atoms with van der Waals surface area (Å²) >= 11 is 0. The Labute approximate surface area is 243 Å². The van der Waals surface area contributed by atoms with Gasteiger partial charge in [0.2, 0.25) is 0 Å². The van der Waals surface area contributed by atoms with E-state index in [1.807, 2.05) is 6.07 Å². The second-order valence-corrected chi connectivity index (χ2v) is 11.3. The van der Waals surface area contributed by atoms with Crippen molar-refractivity contribution in [3.8, 4) is 33.4 Å². The Balaban J connectivity index is 1.33. The van der Waals surface area contributed by atoms with Gasteiger partial charge in [0.15, 0.2) is 0 Å². The molecule has 0 radical (unpaired) electrons. The maximum atomic E-state index is 6.26. The monoisotopic (exact) mass is 534 g/mol. The smallest absolute Gasteiger partial charge is 0.136 e. The van der Waals surface area contributed by atoms with E-state index in [1.54, 1.807) is 0 Å². The van der Waals surface area contributed by atoms with Crippen molar-refractivity contribution >= 4 is 54.3 Å². The van der Waals surface area contributed by atoms with Crippen molar-refractivity contribution in [2.75, 3.05) is 0 Å². The molecule has 0 aliphatic carbocycles. The molecule has 1 heterocycles. The molecule has 0 spiro atoms. The van der Waals surface area contributed by atoms with Crippen LogP contribution in [0.15, 0.2) is 144 Å². The van der Waals surface area contributed by atoms with Crippen LogP contribution in [0, 0.1) is 6.92 Å². The molecule has 0 bridgehead atoms. The van der Waals surface area contributed by atoms with Gasteiger partial charge in [-0.15, -0.1) is 0 Å². The van der Waals surface area contributed by atoms with Crippen molar-refractivity contribution < 1.29 is 4.42 Å². The fraction of sp³-hybridized carbons (Fsp3) is 0.0244. The number of furan rings is 1. The molecule has 1 aromatic heterocycles. The molecule has 0 unspecified atom stereocenters. The number of benzene rings is 8. The number of rotatable bonds is 3. The van der Waals surface area contributed by atoms with Gasteiger partial charge >= 0.3 is 0 Å². The summed E-state index contributed by atoms with van der Waals surface area (Å²) in [6.45, 7) is 2.14. The Bertz CT molecular complexity index is 2460. The molecule has 8 aromatic carbocycles. The van der Waals surface area contributed by atoms with E-state index in [1.165, 1.54) is 76.6 Å². The molecule has 0 amide bonds. The molecule has 196 valence electrons. The molecule has 9 rings (SSSR count). The summed E-state index contributed by atoms with van der Waals surface area (Å²) in [5.74, 6) is 0. The molecular formula is C41H26O. The van der Waals surface area contributed by atoms with E-state index in [0.717, 1.165) is 16.6 Å². The third-order valence-corrected chi connectivity index (χ3v) is 8.94. The van der Waals surface area contributed by atoms with Crippen LogP contribution in [-0.4, -0.2) is 0 Å². The number of aryl methyl sites for hydroxylation is 1. The van der Waals surface area contributed by atoms with E-state index in [2.05, 4.69) is 140 Å². The van der Waals surface area contributed by atoms with Crippen LogP contribution in [0.2, 0.25) is 0 Å². The maximum Gasteiger partial charge on any atom is 0.136 e. The lowest BCUT2D eigenvalue weighted by molar-refractivity contribution is 0.669. The summed E-state index contributed by atoms with van der Waals surface area (Å²) in [6.07, 6.45) is 0. The van der Waals surface area contributed by atoms with E-state index in [4.69, 9.17) is 4.42 Å². The van der Waals surface area contributed by atoms with Crippen LogP contribution in [0.1, 0.15) is 5.56 Å². The van der Waals surface area contributed by atoms with Gasteiger partial charge in [-0.1, -0.05) is 133 Å². The molecule has 0 fully saturated rings. The molecule has 1 heteroatoms. The third kappa shape index (κ3) is 3.31. The highest BCUT2D eigenvalue weighted by Gasteiger charge is 2.18. The zero-order valence-corrected chi connectivity index (χ0v) is 23.2. The summed E-state index contributed by atoms with van der Waals surface area (Å²) in [7, 11) is 0. The van der Waals surface area contributed by atoms with E-state index in [0.29, 0.717) is 0 Å². The number of hydrogen-bond acceptors (Lipinski definition) is 1. The zero-order chi connectivity index (χ0) is 27.8. The topological polar surface area (TPSA) is 13.1 Å². The standard InChI is InChI=1S/C41H26O/c1-25-13-15-26(16-14-25)29-21-17-27-20-24-35-32(22-18-28-19-23-34(29)39(27)40(28)35)30-7-2-3-8-31(30)33-10-6-12-38-41(33)36-9-4-5-11-37(36)42-38/h2-24H,1H3. The molecule has 0 aliphatic heterocycles. The van der Waals surface area contributed by atoms with Crippen LogP contribution in [0.3, 0.4) is 0 Å². The minimum Gasteiger partial charge on any atom is -0.456 e. The van der Waals surface area contributed by atoms with Crippen molar-refractivity contribution in [2.24, 2.45) is 0 Å². The SMILES string of the molecule is Cc1ccc(-c2ccc3ccc4c(-c5ccccc5-c5cccc6oc7ccccc7c56)ccc5ccc2c3c54)cc1. The largest absolute Gasteiger partial charge is 0.456 e. The Morgan fingerprint density at radius 2 is 0.929 bits per heavy atom. The maximum absolute atomic E-state index is 6.26. The van der Waals surface area contributed by atoms with Crippen molar-refractivity contribution in [2.45, 2.75) is 6.92 Å². The molecule has 0 aliphatic rings. The van der Waals surface area contributed by atoms with Crippen LogP contribution >= 0.6 is 0 Å². The number of para-hydroxylation sites is 1. The third-order valence-electron chi connectivity index (χ3n) is 8.94. The van der Waals surface area contributed by atoms with Crippen LogP contribution in [-0.2, 0) is 0 Å². The number of hydrogen-bond donors (Lipinski definition) is 0. The van der Waals surface area contributed by atoms with Crippen molar-refractivity contribution in [3.05, 3.63) is 145 Å². The molecule has 42 heavy (non-hydrogen) atoms. The Kier molecular flexibility index (Phi) is 4.88. The lowest BCUT2D eigenvalue weighted by Gasteiger charge is -2.18. The average molecular weight is 535 g/mol. The number of fused-ring (bicyclic) bond motifs is 3. The summed E-state index contributed by atoms with van der Waals surface area (Å²) in [5, 5.41) is 10.1. The van der Waals surface area contributed by atoms with Gasteiger partial charge in [0.25, 0.3) is 0 Å². The average Bonchev–Trinajstić information content (AvgIpc) is 3.43. The predicted molar refractivity (Wildman–Crippen MR) is 178 cm³/mol. The Morgan fingerprint density at radius 3 is 1.69 bits per heavy atom. The van der Waals surface area contributed by atoms with Crippen LogP contribution in [0.5, 0.6) is 0 Å². The van der Waals surface area contributed by atoms with Gasteiger partial charge in [-0.2, -0.15) is 0 Å². The second kappa shape index (κ2) is 8.80. The Hall–Kier alpha value is -5.40. The van der Waals surface area contributed by atoms with Crippen molar-refractivity contribution in [1.29, 1.82) is 0 Å². The first-order chi connectivity index (χ1) is 20.7. The van der Waals surface area contributed by atoms with E-state index >= 15 is 0 Å². The summed E-state index contributed by atoms with van der Waals surface area (Å²) < 4.78 is 6.26. The lowest BCUT2D eigenvalue weighted by Crippen LogP contribution is -1.91. The first-order valence-corrected chi connectivity index (χ1v) is 14.5. The van der Waals surface area contributed by atoms with E-state index in [-0.39, 0.29) is 0 Å². The molecule has 0 saturated heterocycles. The van der Waals surface area contributed by atoms with Crippen molar-refractivity contribution in [1.82, 2.24) is 0 Å². The Morgan fingerprint density at radius 1 is 0.357 bits per heavy atom. The van der Waals surface area contributed by atoms with Gasteiger partial charge in [0.05, 0.1) is 0 Å². The van der Waals surface area contributed by atoms with Gasteiger partial charge in [0.1, 0.15) is 11.2 Å². The highest BCUT2D eigenvalue weighted by atomic mass is 16.3. The minimum atomic E-state index is 0.919. The molecule has 0 N–H and O–H groups in total. The summed E-state index contributed by atoms with van der Waals surface area (Å²) in [5.41, 5.74) is 10.5. The summed E-state index contributed by atoms with van der Waals surface area (Å²) in [6, 6.07) is 50.8. The van der Waals surface area contributed by atoms with Gasteiger partial charge in [0, 0.05) is 10.8 Å². The first-order valence-electron chi connectivity index (χ1n) is 14.5. The van der Waals surface area contributed by atoms with Gasteiger partial charge in [-0.05, 0) is 84.8 Å². The minimum absolute atomic E-state index is 0.919. The van der Waals surface area contributed by atoms with E-state index in [9.17, 15) is 0 Å². The zero-order valence-electron chi connectivity index (χ0n) is 23.2. The quantitative estimate of drug-likeness (QED) is 0.205. The van der Waals surface area contributed by atoms with Crippen LogP contribution in [0.4, 0.5) is 0 Å². The van der Waals surface area contributed by atoms with Gasteiger partial charge in [-0.25, -0.2) is 0 Å².